The van der Waals surface area contributed by atoms with Gasteiger partial charge < -0.3 is 15.2 Å². The third-order valence-corrected chi connectivity index (χ3v) is 4.89. The van der Waals surface area contributed by atoms with Crippen LogP contribution >= 0.6 is 15.9 Å². The molecule has 0 spiro atoms. The lowest BCUT2D eigenvalue weighted by atomic mass is 9.69. The molecule has 0 amide bonds. The lowest BCUT2D eigenvalue weighted by molar-refractivity contribution is 0.280. The Morgan fingerprint density at radius 1 is 1.16 bits per heavy atom. The second kappa shape index (κ2) is 6.14. The van der Waals surface area contributed by atoms with Crippen molar-refractivity contribution in [3.05, 3.63) is 22.2 Å². The molecular formula is C15H22BrNO2. The van der Waals surface area contributed by atoms with E-state index in [1.807, 2.05) is 12.1 Å². The molecule has 106 valence electrons. The Bertz CT molecular complexity index is 442. The van der Waals surface area contributed by atoms with Crippen molar-refractivity contribution in [3.63, 3.8) is 0 Å². The fourth-order valence-corrected chi connectivity index (χ4v) is 3.91. The van der Waals surface area contributed by atoms with Gasteiger partial charge in [0.25, 0.3) is 0 Å². The molecule has 0 aromatic heterocycles. The maximum absolute atomic E-state index is 6.14. The maximum atomic E-state index is 6.14. The minimum Gasteiger partial charge on any atom is -0.493 e. The average Bonchev–Trinajstić information content (AvgIpc) is 2.47. The van der Waals surface area contributed by atoms with Gasteiger partial charge in [0, 0.05) is 22.0 Å². The molecule has 3 nitrogen and oxygen atoms in total. The molecule has 1 aliphatic carbocycles. The van der Waals surface area contributed by atoms with Crippen molar-refractivity contribution in [1.29, 1.82) is 0 Å². The molecular weight excluding hydrogens is 306 g/mol. The van der Waals surface area contributed by atoms with Crippen molar-refractivity contribution in [1.82, 2.24) is 0 Å². The van der Waals surface area contributed by atoms with Crippen LogP contribution in [0.3, 0.4) is 0 Å². The summed E-state index contributed by atoms with van der Waals surface area (Å²) in [5.41, 5.74) is 7.33. The van der Waals surface area contributed by atoms with Crippen molar-refractivity contribution in [2.75, 3.05) is 20.8 Å². The summed E-state index contributed by atoms with van der Waals surface area (Å²) in [5, 5.41) is 0. The average molecular weight is 328 g/mol. The van der Waals surface area contributed by atoms with E-state index in [2.05, 4.69) is 15.9 Å². The van der Waals surface area contributed by atoms with Gasteiger partial charge in [0.1, 0.15) is 0 Å². The Morgan fingerprint density at radius 2 is 1.84 bits per heavy atom. The second-order valence-electron chi connectivity index (χ2n) is 5.20. The number of ether oxygens (including phenoxy) is 2. The van der Waals surface area contributed by atoms with E-state index >= 15 is 0 Å². The van der Waals surface area contributed by atoms with Crippen molar-refractivity contribution in [3.8, 4) is 11.5 Å². The summed E-state index contributed by atoms with van der Waals surface area (Å²) in [4.78, 5) is 0. The van der Waals surface area contributed by atoms with E-state index in [0.717, 1.165) is 28.8 Å². The molecule has 1 aromatic rings. The van der Waals surface area contributed by atoms with E-state index in [1.165, 1.54) is 24.8 Å². The third kappa shape index (κ3) is 2.61. The molecule has 2 N–H and O–H groups in total. The van der Waals surface area contributed by atoms with Gasteiger partial charge >= 0.3 is 0 Å². The fourth-order valence-electron chi connectivity index (χ4n) is 3.18. The molecule has 1 aliphatic rings. The quantitative estimate of drug-likeness (QED) is 0.918. The van der Waals surface area contributed by atoms with Crippen LogP contribution in [0.1, 0.15) is 37.7 Å². The highest BCUT2D eigenvalue weighted by atomic mass is 79.9. The smallest absolute Gasteiger partial charge is 0.165 e. The van der Waals surface area contributed by atoms with Crippen LogP contribution in [-0.4, -0.2) is 20.8 Å². The second-order valence-corrected chi connectivity index (χ2v) is 6.06. The number of rotatable bonds is 4. The molecule has 0 heterocycles. The van der Waals surface area contributed by atoms with E-state index < -0.39 is 0 Å². The van der Waals surface area contributed by atoms with Gasteiger partial charge in [0.05, 0.1) is 14.2 Å². The molecule has 0 bridgehead atoms. The molecule has 0 unspecified atom stereocenters. The Balaban J connectivity index is 2.58. The molecule has 0 saturated heterocycles. The van der Waals surface area contributed by atoms with Crippen LogP contribution in [0.5, 0.6) is 11.5 Å². The Morgan fingerprint density at radius 3 is 2.37 bits per heavy atom. The lowest BCUT2D eigenvalue weighted by Crippen LogP contribution is -2.37. The predicted octanol–water partition coefficient (Wildman–Crippen LogP) is 3.63. The summed E-state index contributed by atoms with van der Waals surface area (Å²) in [7, 11) is 3.37. The highest BCUT2D eigenvalue weighted by Gasteiger charge is 2.37. The van der Waals surface area contributed by atoms with E-state index in [4.69, 9.17) is 15.2 Å². The first-order chi connectivity index (χ1) is 9.18. The van der Waals surface area contributed by atoms with Crippen LogP contribution < -0.4 is 15.2 Å². The first kappa shape index (κ1) is 14.7. The van der Waals surface area contributed by atoms with Crippen LogP contribution in [0, 0.1) is 0 Å². The van der Waals surface area contributed by atoms with E-state index in [9.17, 15) is 0 Å². The minimum absolute atomic E-state index is 0.0109. The first-order valence-corrected chi connectivity index (χ1v) is 7.59. The lowest BCUT2D eigenvalue weighted by Gasteiger charge is -2.38. The zero-order valence-electron chi connectivity index (χ0n) is 11.7. The largest absolute Gasteiger partial charge is 0.493 e. The molecule has 2 rings (SSSR count). The summed E-state index contributed by atoms with van der Waals surface area (Å²) in [5.74, 6) is 1.60. The molecule has 4 heteroatoms. The Labute approximate surface area is 123 Å². The molecule has 0 aliphatic heterocycles. The van der Waals surface area contributed by atoms with Gasteiger partial charge in [-0.25, -0.2) is 0 Å². The van der Waals surface area contributed by atoms with Crippen LogP contribution in [0.15, 0.2) is 16.6 Å². The summed E-state index contributed by atoms with van der Waals surface area (Å²) < 4.78 is 12.1. The SMILES string of the molecule is COc1ccc(Br)c(C2(CN)CCCCC2)c1OC. The van der Waals surface area contributed by atoms with Crippen molar-refractivity contribution in [2.45, 2.75) is 37.5 Å². The fraction of sp³-hybridized carbons (Fsp3) is 0.600. The van der Waals surface area contributed by atoms with Crippen molar-refractivity contribution < 1.29 is 9.47 Å². The van der Waals surface area contributed by atoms with Crippen molar-refractivity contribution >= 4 is 15.9 Å². The summed E-state index contributed by atoms with van der Waals surface area (Å²) in [6, 6.07) is 3.96. The van der Waals surface area contributed by atoms with Crippen LogP contribution in [-0.2, 0) is 5.41 Å². The monoisotopic (exact) mass is 327 g/mol. The Kier molecular flexibility index (Phi) is 4.74. The van der Waals surface area contributed by atoms with E-state index in [0.29, 0.717) is 6.54 Å². The number of benzene rings is 1. The standard InChI is InChI=1S/C15H22BrNO2/c1-18-12-7-6-11(16)13(14(12)19-2)15(10-17)8-4-3-5-9-15/h6-7H,3-5,8-10,17H2,1-2H3. The molecule has 1 fully saturated rings. The topological polar surface area (TPSA) is 44.5 Å². The van der Waals surface area contributed by atoms with Gasteiger partial charge in [0.2, 0.25) is 0 Å². The Hall–Kier alpha value is -0.740. The van der Waals surface area contributed by atoms with Gasteiger partial charge in [0.15, 0.2) is 11.5 Å². The van der Waals surface area contributed by atoms with E-state index in [1.54, 1.807) is 14.2 Å². The molecule has 19 heavy (non-hydrogen) atoms. The van der Waals surface area contributed by atoms with Gasteiger partial charge in [-0.15, -0.1) is 0 Å². The molecule has 1 aromatic carbocycles. The minimum atomic E-state index is 0.0109. The van der Waals surface area contributed by atoms with Crippen LogP contribution in [0.4, 0.5) is 0 Å². The zero-order chi connectivity index (χ0) is 13.9. The first-order valence-electron chi connectivity index (χ1n) is 6.79. The highest BCUT2D eigenvalue weighted by molar-refractivity contribution is 9.10. The molecule has 0 radical (unpaired) electrons. The number of methoxy groups -OCH3 is 2. The number of hydrogen-bond donors (Lipinski definition) is 1. The predicted molar refractivity (Wildman–Crippen MR) is 81.1 cm³/mol. The van der Waals surface area contributed by atoms with Crippen LogP contribution in [0.2, 0.25) is 0 Å². The van der Waals surface area contributed by atoms with Crippen LogP contribution in [0.25, 0.3) is 0 Å². The molecule has 0 atom stereocenters. The molecule has 1 saturated carbocycles. The number of halogens is 1. The summed E-state index contributed by atoms with van der Waals surface area (Å²) >= 11 is 3.67. The van der Waals surface area contributed by atoms with E-state index in [-0.39, 0.29) is 5.41 Å². The van der Waals surface area contributed by atoms with Gasteiger partial charge in [-0.2, -0.15) is 0 Å². The maximum Gasteiger partial charge on any atom is 0.165 e. The highest BCUT2D eigenvalue weighted by Crippen LogP contribution is 2.48. The number of nitrogens with two attached hydrogens (primary N) is 1. The summed E-state index contributed by atoms with van der Waals surface area (Å²) in [6.07, 6.45) is 5.98. The zero-order valence-corrected chi connectivity index (χ0v) is 13.3. The summed E-state index contributed by atoms with van der Waals surface area (Å²) in [6.45, 7) is 0.648. The van der Waals surface area contributed by atoms with Gasteiger partial charge in [-0.3, -0.25) is 0 Å². The third-order valence-electron chi connectivity index (χ3n) is 4.23. The van der Waals surface area contributed by atoms with Crippen molar-refractivity contribution in [2.24, 2.45) is 5.73 Å². The number of hydrogen-bond acceptors (Lipinski definition) is 3. The normalized spacial score (nSPS) is 18.1. The van der Waals surface area contributed by atoms with Gasteiger partial charge in [-0.05, 0) is 25.0 Å². The van der Waals surface area contributed by atoms with Gasteiger partial charge in [-0.1, -0.05) is 35.2 Å².